The number of esters is 1. The van der Waals surface area contributed by atoms with Crippen LogP contribution < -0.4 is 0 Å². The fourth-order valence-corrected chi connectivity index (χ4v) is 5.81. The van der Waals surface area contributed by atoms with E-state index in [1.807, 2.05) is 6.92 Å². The first-order chi connectivity index (χ1) is 11.6. The van der Waals surface area contributed by atoms with Gasteiger partial charge < -0.3 is 9.84 Å². The maximum atomic E-state index is 12.6. The number of carbonyl (C=O) groups is 2. The molecule has 0 heterocycles. The SMILES string of the molecule is C=C1CC[C@H]2[C@](C)(CCC[C@@]2(C)C(=O)OC)[C@H]1CC[C@@H](C)CC(=O)O. The van der Waals surface area contributed by atoms with Gasteiger partial charge in [0, 0.05) is 6.42 Å². The number of fused-ring (bicyclic) bond motifs is 1. The monoisotopic (exact) mass is 350 g/mol. The Hall–Kier alpha value is -1.32. The first-order valence-electron chi connectivity index (χ1n) is 9.63. The second-order valence-corrected chi connectivity index (χ2v) is 8.85. The summed E-state index contributed by atoms with van der Waals surface area (Å²) in [6, 6.07) is 0. The molecule has 142 valence electrons. The van der Waals surface area contributed by atoms with Crippen LogP contribution in [0.5, 0.6) is 0 Å². The van der Waals surface area contributed by atoms with Crippen molar-refractivity contribution in [3.63, 3.8) is 0 Å². The normalized spacial score (nSPS) is 36.4. The van der Waals surface area contributed by atoms with Gasteiger partial charge in [0.2, 0.25) is 0 Å². The number of allylic oxidation sites excluding steroid dienone is 1. The Balaban J connectivity index is 2.21. The quantitative estimate of drug-likeness (QED) is 0.550. The Morgan fingerprint density at radius 3 is 2.64 bits per heavy atom. The molecule has 0 saturated heterocycles. The molecular formula is C21H34O4. The average molecular weight is 350 g/mol. The van der Waals surface area contributed by atoms with Gasteiger partial charge in [0.25, 0.3) is 0 Å². The smallest absolute Gasteiger partial charge is 0.311 e. The number of carboxylic acid groups (broad SMARTS) is 1. The predicted octanol–water partition coefficient (Wildman–Crippen LogP) is 4.83. The van der Waals surface area contributed by atoms with Crippen LogP contribution >= 0.6 is 0 Å². The first kappa shape index (κ1) is 20.0. The second kappa shape index (κ2) is 7.51. The average Bonchev–Trinajstić information content (AvgIpc) is 2.52. The highest BCUT2D eigenvalue weighted by Crippen LogP contribution is 2.62. The Morgan fingerprint density at radius 2 is 2.04 bits per heavy atom. The van der Waals surface area contributed by atoms with Crippen molar-refractivity contribution in [2.24, 2.45) is 28.6 Å². The summed E-state index contributed by atoms with van der Waals surface area (Å²) in [6.45, 7) is 10.8. The van der Waals surface area contributed by atoms with Gasteiger partial charge in [-0.2, -0.15) is 0 Å². The third kappa shape index (κ3) is 3.78. The van der Waals surface area contributed by atoms with E-state index < -0.39 is 11.4 Å². The summed E-state index contributed by atoms with van der Waals surface area (Å²) in [5, 5.41) is 9.00. The fraction of sp³-hybridized carbons (Fsp3) is 0.810. The van der Waals surface area contributed by atoms with Gasteiger partial charge in [0.1, 0.15) is 0 Å². The lowest BCUT2D eigenvalue weighted by Crippen LogP contribution is -2.53. The molecule has 0 aromatic rings. The number of carbonyl (C=O) groups excluding carboxylic acids is 1. The van der Waals surface area contributed by atoms with Crippen molar-refractivity contribution in [3.05, 3.63) is 12.2 Å². The molecule has 0 aromatic heterocycles. The minimum Gasteiger partial charge on any atom is -0.481 e. The lowest BCUT2D eigenvalue weighted by molar-refractivity contribution is -0.168. The van der Waals surface area contributed by atoms with E-state index in [1.54, 1.807) is 0 Å². The molecule has 4 nitrogen and oxygen atoms in total. The van der Waals surface area contributed by atoms with E-state index in [9.17, 15) is 9.59 Å². The van der Waals surface area contributed by atoms with E-state index in [0.717, 1.165) is 44.9 Å². The number of ether oxygens (including phenoxy) is 1. The van der Waals surface area contributed by atoms with Crippen LogP contribution in [0.4, 0.5) is 0 Å². The van der Waals surface area contributed by atoms with Gasteiger partial charge in [-0.3, -0.25) is 9.59 Å². The summed E-state index contributed by atoms with van der Waals surface area (Å²) in [7, 11) is 1.49. The van der Waals surface area contributed by atoms with Crippen LogP contribution in [0.15, 0.2) is 12.2 Å². The number of methoxy groups -OCH3 is 1. The molecule has 5 atom stereocenters. The van der Waals surface area contributed by atoms with Gasteiger partial charge in [-0.05, 0) is 68.6 Å². The summed E-state index contributed by atoms with van der Waals surface area (Å²) in [5.74, 6) is 0.0482. The first-order valence-corrected chi connectivity index (χ1v) is 9.63. The molecule has 0 spiro atoms. The minimum absolute atomic E-state index is 0.0550. The second-order valence-electron chi connectivity index (χ2n) is 8.85. The van der Waals surface area contributed by atoms with Crippen LogP contribution in [0.2, 0.25) is 0 Å². The Bertz CT molecular complexity index is 540. The van der Waals surface area contributed by atoms with Crippen LogP contribution in [0.3, 0.4) is 0 Å². The van der Waals surface area contributed by atoms with Crippen molar-refractivity contribution in [3.8, 4) is 0 Å². The molecule has 1 N–H and O–H groups in total. The Morgan fingerprint density at radius 1 is 1.36 bits per heavy atom. The Kier molecular flexibility index (Phi) is 6.01. The van der Waals surface area contributed by atoms with Crippen molar-refractivity contribution in [2.45, 2.75) is 72.1 Å². The van der Waals surface area contributed by atoms with Gasteiger partial charge in [-0.25, -0.2) is 0 Å². The summed E-state index contributed by atoms with van der Waals surface area (Å²) in [5.41, 5.74) is 0.933. The van der Waals surface area contributed by atoms with E-state index in [0.29, 0.717) is 11.8 Å². The van der Waals surface area contributed by atoms with Gasteiger partial charge in [-0.15, -0.1) is 0 Å². The minimum atomic E-state index is -0.727. The molecule has 0 amide bonds. The van der Waals surface area contributed by atoms with Gasteiger partial charge in [0.05, 0.1) is 12.5 Å². The number of rotatable bonds is 6. The van der Waals surface area contributed by atoms with Crippen molar-refractivity contribution >= 4 is 11.9 Å². The van der Waals surface area contributed by atoms with Crippen molar-refractivity contribution in [1.29, 1.82) is 0 Å². The molecule has 2 fully saturated rings. The fourth-order valence-electron chi connectivity index (χ4n) is 5.81. The van der Waals surface area contributed by atoms with Gasteiger partial charge in [0.15, 0.2) is 0 Å². The van der Waals surface area contributed by atoms with Crippen LogP contribution in [0.25, 0.3) is 0 Å². The van der Waals surface area contributed by atoms with Crippen molar-refractivity contribution in [2.75, 3.05) is 7.11 Å². The molecule has 2 aliphatic rings. The van der Waals surface area contributed by atoms with Crippen molar-refractivity contribution < 1.29 is 19.4 Å². The molecule has 0 bridgehead atoms. The van der Waals surface area contributed by atoms with E-state index in [4.69, 9.17) is 9.84 Å². The highest BCUT2D eigenvalue weighted by atomic mass is 16.5. The molecule has 2 saturated carbocycles. The molecule has 0 unspecified atom stereocenters. The van der Waals surface area contributed by atoms with Crippen molar-refractivity contribution in [1.82, 2.24) is 0 Å². The highest BCUT2D eigenvalue weighted by Gasteiger charge is 2.57. The van der Waals surface area contributed by atoms with E-state index in [1.165, 1.54) is 12.7 Å². The zero-order chi connectivity index (χ0) is 18.8. The molecule has 25 heavy (non-hydrogen) atoms. The molecule has 0 aliphatic heterocycles. The largest absolute Gasteiger partial charge is 0.481 e. The molecule has 0 radical (unpaired) electrons. The number of carboxylic acids is 1. The van der Waals surface area contributed by atoms with Crippen LogP contribution in [0, 0.1) is 28.6 Å². The third-order valence-electron chi connectivity index (χ3n) is 7.14. The summed E-state index contributed by atoms with van der Waals surface area (Å²) >= 11 is 0. The summed E-state index contributed by atoms with van der Waals surface area (Å²) < 4.78 is 5.16. The van der Waals surface area contributed by atoms with Gasteiger partial charge >= 0.3 is 11.9 Å². The number of hydrogen-bond donors (Lipinski definition) is 1. The number of hydrogen-bond acceptors (Lipinski definition) is 3. The highest BCUT2D eigenvalue weighted by molar-refractivity contribution is 5.77. The van der Waals surface area contributed by atoms with E-state index in [-0.39, 0.29) is 23.7 Å². The lowest BCUT2D eigenvalue weighted by atomic mass is 9.46. The predicted molar refractivity (Wildman–Crippen MR) is 98.1 cm³/mol. The summed E-state index contributed by atoms with van der Waals surface area (Å²) in [4.78, 5) is 23.5. The van der Waals surface area contributed by atoms with E-state index in [2.05, 4.69) is 20.4 Å². The number of aliphatic carboxylic acids is 1. The standard InChI is InChI=1S/C21H34O4/c1-14(13-18(22)23)7-9-16-15(2)8-10-17-20(16,3)11-6-12-21(17,4)19(24)25-5/h14,16-17H,2,6-13H2,1,3-5H3,(H,22,23)/t14-,16+,17+,20-,21-/m1/s1. The lowest BCUT2D eigenvalue weighted by Gasteiger charge is -2.57. The third-order valence-corrected chi connectivity index (χ3v) is 7.14. The Labute approximate surface area is 152 Å². The van der Waals surface area contributed by atoms with Gasteiger partial charge in [-0.1, -0.05) is 32.4 Å². The molecule has 2 rings (SSSR count). The van der Waals surface area contributed by atoms with Crippen LogP contribution in [0.1, 0.15) is 72.1 Å². The summed E-state index contributed by atoms with van der Waals surface area (Å²) in [6.07, 6.45) is 7.10. The molecular weight excluding hydrogens is 316 g/mol. The topological polar surface area (TPSA) is 63.6 Å². The van der Waals surface area contributed by atoms with Crippen LogP contribution in [-0.4, -0.2) is 24.2 Å². The van der Waals surface area contributed by atoms with Crippen LogP contribution in [-0.2, 0) is 14.3 Å². The maximum Gasteiger partial charge on any atom is 0.311 e. The van der Waals surface area contributed by atoms with E-state index >= 15 is 0 Å². The zero-order valence-corrected chi connectivity index (χ0v) is 16.3. The molecule has 0 aromatic carbocycles. The maximum absolute atomic E-state index is 12.6. The molecule has 4 heteroatoms. The zero-order valence-electron chi connectivity index (χ0n) is 16.3. The molecule has 2 aliphatic carbocycles.